The molecule has 0 aromatic rings. The summed E-state index contributed by atoms with van der Waals surface area (Å²) in [6.07, 6.45) is 0. The Balaban J connectivity index is 4.01. The van der Waals surface area contributed by atoms with Crippen LogP contribution in [0.15, 0.2) is 0 Å². The van der Waals surface area contributed by atoms with Crippen LogP contribution in [-0.4, -0.2) is 47.4 Å². The van der Waals surface area contributed by atoms with Crippen molar-refractivity contribution in [3.63, 3.8) is 0 Å². The highest BCUT2D eigenvalue weighted by molar-refractivity contribution is 8.01. The summed E-state index contributed by atoms with van der Waals surface area (Å²) < 4.78 is 9.80. The number of carbonyl (C=O) groups is 2. The third kappa shape index (κ3) is 7.53. The molecule has 16 heavy (non-hydrogen) atoms. The summed E-state index contributed by atoms with van der Waals surface area (Å²) in [6, 6.07) is 0. The molecule has 0 saturated carbocycles. The van der Waals surface area contributed by atoms with Crippen molar-refractivity contribution < 1.29 is 24.2 Å². The molecular formula is C10H18O5S. The lowest BCUT2D eigenvalue weighted by Crippen LogP contribution is -2.28. The number of ether oxygens (including phenoxy) is 2. The zero-order valence-corrected chi connectivity index (χ0v) is 10.8. The second-order valence-corrected chi connectivity index (χ2v) is 5.37. The summed E-state index contributed by atoms with van der Waals surface area (Å²) in [5.41, 5.74) is -0.544. The predicted molar refractivity (Wildman–Crippen MR) is 61.6 cm³/mol. The Labute approximate surface area is 99.5 Å². The number of carbonyl (C=O) groups excluding carboxylic acids is 1. The molecule has 5 nitrogen and oxygen atoms in total. The number of carboxylic acids is 1. The highest BCUT2D eigenvalue weighted by atomic mass is 32.2. The molecule has 0 saturated heterocycles. The zero-order valence-electron chi connectivity index (χ0n) is 9.98. The highest BCUT2D eigenvalue weighted by Crippen LogP contribution is 2.14. The van der Waals surface area contributed by atoms with E-state index in [4.69, 9.17) is 14.6 Å². The normalized spacial score (nSPS) is 13.2. The van der Waals surface area contributed by atoms with Gasteiger partial charge in [-0.05, 0) is 20.8 Å². The molecule has 0 amide bonds. The van der Waals surface area contributed by atoms with Crippen molar-refractivity contribution in [3.8, 4) is 0 Å². The van der Waals surface area contributed by atoms with Crippen LogP contribution >= 0.6 is 11.8 Å². The quantitative estimate of drug-likeness (QED) is 0.713. The molecule has 1 N–H and O–H groups in total. The topological polar surface area (TPSA) is 72.8 Å². The molecule has 0 bridgehead atoms. The van der Waals surface area contributed by atoms with Crippen LogP contribution < -0.4 is 0 Å². The Kier molecular flexibility index (Phi) is 6.43. The van der Waals surface area contributed by atoms with Crippen LogP contribution in [0.5, 0.6) is 0 Å². The fraction of sp³-hybridized carbons (Fsp3) is 0.800. The molecule has 0 aromatic heterocycles. The van der Waals surface area contributed by atoms with E-state index in [1.165, 1.54) is 7.11 Å². The van der Waals surface area contributed by atoms with Gasteiger partial charge in [-0.1, -0.05) is 0 Å². The fourth-order valence-corrected chi connectivity index (χ4v) is 1.65. The maximum absolute atomic E-state index is 11.3. The number of carboxylic acid groups (broad SMARTS) is 1. The van der Waals surface area contributed by atoms with E-state index in [1.807, 2.05) is 0 Å². The van der Waals surface area contributed by atoms with Crippen molar-refractivity contribution in [2.24, 2.45) is 0 Å². The van der Waals surface area contributed by atoms with Gasteiger partial charge in [0.05, 0.1) is 12.4 Å². The monoisotopic (exact) mass is 250 g/mol. The van der Waals surface area contributed by atoms with Gasteiger partial charge in [-0.15, -0.1) is 11.8 Å². The second kappa shape index (κ2) is 6.75. The van der Waals surface area contributed by atoms with E-state index in [9.17, 15) is 9.59 Å². The van der Waals surface area contributed by atoms with Crippen LogP contribution in [0.2, 0.25) is 0 Å². The van der Waals surface area contributed by atoms with Gasteiger partial charge in [-0.25, -0.2) is 0 Å². The molecule has 0 fully saturated rings. The van der Waals surface area contributed by atoms with Gasteiger partial charge >= 0.3 is 11.9 Å². The molecule has 0 aliphatic rings. The average molecular weight is 250 g/mol. The van der Waals surface area contributed by atoms with Gasteiger partial charge in [-0.2, -0.15) is 0 Å². The Morgan fingerprint density at radius 2 is 1.94 bits per heavy atom. The SMILES string of the molecule is COCC(SCC(=O)OC(C)(C)C)C(=O)O. The van der Waals surface area contributed by atoms with Crippen LogP contribution in [0.1, 0.15) is 20.8 Å². The molecule has 0 aliphatic carbocycles. The predicted octanol–water partition coefficient (Wildman–Crippen LogP) is 1.16. The molecule has 0 heterocycles. The van der Waals surface area contributed by atoms with E-state index >= 15 is 0 Å². The van der Waals surface area contributed by atoms with E-state index in [2.05, 4.69) is 0 Å². The third-order valence-corrected chi connectivity index (χ3v) is 2.56. The second-order valence-electron chi connectivity index (χ2n) is 4.18. The zero-order chi connectivity index (χ0) is 12.8. The van der Waals surface area contributed by atoms with Crippen LogP contribution in [-0.2, 0) is 19.1 Å². The first-order valence-electron chi connectivity index (χ1n) is 4.81. The van der Waals surface area contributed by atoms with Gasteiger partial charge in [0.1, 0.15) is 10.9 Å². The van der Waals surface area contributed by atoms with Gasteiger partial charge in [0.25, 0.3) is 0 Å². The van der Waals surface area contributed by atoms with Crippen LogP contribution in [0.4, 0.5) is 0 Å². The Hall–Kier alpha value is -0.750. The van der Waals surface area contributed by atoms with Crippen LogP contribution in [0, 0.1) is 0 Å². The van der Waals surface area contributed by atoms with E-state index in [0.717, 1.165) is 11.8 Å². The lowest BCUT2D eigenvalue weighted by atomic mass is 10.2. The number of esters is 1. The first-order valence-corrected chi connectivity index (χ1v) is 5.86. The molecule has 94 valence electrons. The largest absolute Gasteiger partial charge is 0.480 e. The van der Waals surface area contributed by atoms with Crippen molar-refractivity contribution in [3.05, 3.63) is 0 Å². The summed E-state index contributed by atoms with van der Waals surface area (Å²) in [5, 5.41) is 8.06. The van der Waals surface area contributed by atoms with Crippen molar-refractivity contribution >= 4 is 23.7 Å². The van der Waals surface area contributed by atoms with Gasteiger partial charge in [0, 0.05) is 7.11 Å². The lowest BCUT2D eigenvalue weighted by Gasteiger charge is -2.19. The third-order valence-electron chi connectivity index (χ3n) is 1.42. The molecule has 1 atom stereocenters. The molecule has 0 aromatic carbocycles. The molecule has 0 radical (unpaired) electrons. The van der Waals surface area contributed by atoms with Gasteiger partial charge in [0.15, 0.2) is 0 Å². The Bertz CT molecular complexity index is 246. The van der Waals surface area contributed by atoms with E-state index in [1.54, 1.807) is 20.8 Å². The first-order chi connectivity index (χ1) is 7.26. The minimum Gasteiger partial charge on any atom is -0.480 e. The minimum absolute atomic E-state index is 0.0115. The summed E-state index contributed by atoms with van der Waals surface area (Å²) in [6.45, 7) is 5.36. The standard InChI is InChI=1S/C10H18O5S/c1-10(2,3)15-8(11)6-16-7(5-14-4)9(12)13/h7H,5-6H2,1-4H3,(H,12,13). The maximum Gasteiger partial charge on any atom is 0.319 e. The fourth-order valence-electron chi connectivity index (χ4n) is 0.882. The molecule has 0 aliphatic heterocycles. The molecule has 0 spiro atoms. The summed E-state index contributed by atoms with van der Waals surface area (Å²) in [7, 11) is 1.42. The number of thioether (sulfide) groups is 1. The van der Waals surface area contributed by atoms with E-state index < -0.39 is 22.8 Å². The van der Waals surface area contributed by atoms with Crippen molar-refractivity contribution in [1.29, 1.82) is 0 Å². The average Bonchev–Trinajstić information content (AvgIpc) is 2.08. The summed E-state index contributed by atoms with van der Waals surface area (Å²) in [4.78, 5) is 22.0. The van der Waals surface area contributed by atoms with Crippen LogP contribution in [0.3, 0.4) is 0 Å². The summed E-state index contributed by atoms with van der Waals surface area (Å²) >= 11 is 1.00. The van der Waals surface area contributed by atoms with Crippen molar-refractivity contribution in [2.45, 2.75) is 31.6 Å². The highest BCUT2D eigenvalue weighted by Gasteiger charge is 2.22. The maximum atomic E-state index is 11.3. The first kappa shape index (κ1) is 15.2. The molecular weight excluding hydrogens is 232 g/mol. The number of aliphatic carboxylic acids is 1. The Morgan fingerprint density at radius 1 is 1.38 bits per heavy atom. The van der Waals surface area contributed by atoms with Crippen molar-refractivity contribution in [1.82, 2.24) is 0 Å². The number of rotatable bonds is 6. The number of hydrogen-bond donors (Lipinski definition) is 1. The van der Waals surface area contributed by atoms with E-state index in [-0.39, 0.29) is 12.4 Å². The van der Waals surface area contributed by atoms with Gasteiger partial charge in [-0.3, -0.25) is 9.59 Å². The van der Waals surface area contributed by atoms with E-state index in [0.29, 0.717) is 0 Å². The van der Waals surface area contributed by atoms with Crippen molar-refractivity contribution in [2.75, 3.05) is 19.5 Å². The molecule has 0 rings (SSSR count). The molecule has 6 heteroatoms. The smallest absolute Gasteiger partial charge is 0.319 e. The van der Waals surface area contributed by atoms with Gasteiger partial charge in [0.2, 0.25) is 0 Å². The number of methoxy groups -OCH3 is 1. The lowest BCUT2D eigenvalue weighted by molar-refractivity contribution is -0.151. The molecule has 1 unspecified atom stereocenters. The van der Waals surface area contributed by atoms with Crippen LogP contribution in [0.25, 0.3) is 0 Å². The minimum atomic E-state index is -0.990. The number of hydrogen-bond acceptors (Lipinski definition) is 5. The Morgan fingerprint density at radius 3 is 2.31 bits per heavy atom. The summed E-state index contributed by atoms with van der Waals surface area (Å²) in [5.74, 6) is -1.40. The van der Waals surface area contributed by atoms with Gasteiger partial charge < -0.3 is 14.6 Å².